The maximum Gasteiger partial charge on any atom is 0.306 e. The van der Waals surface area contributed by atoms with Crippen LogP contribution < -0.4 is 0 Å². The van der Waals surface area contributed by atoms with Crippen molar-refractivity contribution in [2.24, 2.45) is 0 Å². The SMILES string of the molecule is CCCC/C=C\CCCCCCCC(=O)OC(COCCCCCCCCCCCC/C=C\CCCCCCCCCC)COC1OC(CO)C(O)C(O)C1O. The van der Waals surface area contributed by atoms with Crippen molar-refractivity contribution in [2.45, 2.75) is 243 Å². The van der Waals surface area contributed by atoms with Gasteiger partial charge < -0.3 is 39.4 Å². The lowest BCUT2D eigenvalue weighted by molar-refractivity contribution is -0.305. The first-order valence-electron chi connectivity index (χ1n) is 23.4. The van der Waals surface area contributed by atoms with E-state index in [2.05, 4.69) is 38.2 Å². The van der Waals surface area contributed by atoms with Crippen LogP contribution in [0.1, 0.15) is 206 Å². The van der Waals surface area contributed by atoms with E-state index in [1.54, 1.807) is 0 Å². The highest BCUT2D eigenvalue weighted by molar-refractivity contribution is 5.69. The maximum absolute atomic E-state index is 12.7. The summed E-state index contributed by atoms with van der Waals surface area (Å²) >= 11 is 0. The van der Waals surface area contributed by atoms with Gasteiger partial charge >= 0.3 is 5.97 Å². The van der Waals surface area contributed by atoms with Gasteiger partial charge in [-0.2, -0.15) is 0 Å². The standard InChI is InChI=1S/C47H88O9/c1-3-5-7-9-11-13-15-16-17-18-19-20-21-22-23-24-25-27-29-31-33-35-37-53-39-41(40-54-47-46(52)45(51)44(50)42(38-48)56-47)55-43(49)36-34-32-30-28-26-14-12-10-8-6-4-2/h10,12,18-19,41-42,44-48,50-52H,3-9,11,13-17,20-40H2,1-2H3/b12-10-,19-18-. The van der Waals surface area contributed by atoms with Crippen LogP contribution in [0.15, 0.2) is 24.3 Å². The van der Waals surface area contributed by atoms with Crippen LogP contribution in [0.5, 0.6) is 0 Å². The molecule has 4 N–H and O–H groups in total. The lowest BCUT2D eigenvalue weighted by Gasteiger charge is -2.39. The summed E-state index contributed by atoms with van der Waals surface area (Å²) in [5.41, 5.74) is 0. The third-order valence-electron chi connectivity index (χ3n) is 10.8. The first kappa shape index (κ1) is 52.7. The van der Waals surface area contributed by atoms with E-state index in [9.17, 15) is 25.2 Å². The maximum atomic E-state index is 12.7. The van der Waals surface area contributed by atoms with Gasteiger partial charge in [0.05, 0.1) is 19.8 Å². The molecule has 0 bridgehead atoms. The van der Waals surface area contributed by atoms with Crippen LogP contribution in [-0.2, 0) is 23.7 Å². The Hall–Kier alpha value is -1.33. The average Bonchev–Trinajstić information content (AvgIpc) is 3.20. The van der Waals surface area contributed by atoms with E-state index in [0.717, 1.165) is 51.4 Å². The molecule has 1 fully saturated rings. The van der Waals surface area contributed by atoms with Crippen molar-refractivity contribution in [1.82, 2.24) is 0 Å². The van der Waals surface area contributed by atoms with Gasteiger partial charge in [0, 0.05) is 13.0 Å². The number of carbonyl (C=O) groups excluding carboxylic acids is 1. The minimum atomic E-state index is -1.54. The van der Waals surface area contributed by atoms with Crippen molar-refractivity contribution in [3.63, 3.8) is 0 Å². The highest BCUT2D eigenvalue weighted by Gasteiger charge is 2.44. The minimum Gasteiger partial charge on any atom is -0.457 e. The number of allylic oxidation sites excluding steroid dienone is 4. The van der Waals surface area contributed by atoms with Gasteiger partial charge in [0.1, 0.15) is 30.5 Å². The van der Waals surface area contributed by atoms with E-state index in [1.807, 2.05) is 0 Å². The highest BCUT2D eigenvalue weighted by Crippen LogP contribution is 2.22. The zero-order valence-electron chi connectivity index (χ0n) is 36.1. The fourth-order valence-electron chi connectivity index (χ4n) is 7.11. The van der Waals surface area contributed by atoms with Gasteiger partial charge in [-0.15, -0.1) is 0 Å². The second-order valence-electron chi connectivity index (χ2n) is 16.2. The number of carbonyl (C=O) groups is 1. The molecule has 1 aliphatic heterocycles. The van der Waals surface area contributed by atoms with Gasteiger partial charge in [0.15, 0.2) is 6.29 Å². The molecule has 1 rings (SSSR count). The smallest absolute Gasteiger partial charge is 0.306 e. The van der Waals surface area contributed by atoms with Crippen LogP contribution in [0.3, 0.4) is 0 Å². The normalized spacial score (nSPS) is 20.7. The van der Waals surface area contributed by atoms with Gasteiger partial charge in [0.25, 0.3) is 0 Å². The summed E-state index contributed by atoms with van der Waals surface area (Å²) in [5.74, 6) is -0.323. The quantitative estimate of drug-likeness (QED) is 0.0271. The summed E-state index contributed by atoms with van der Waals surface area (Å²) in [6.07, 6.45) is 37.9. The van der Waals surface area contributed by atoms with E-state index >= 15 is 0 Å². The van der Waals surface area contributed by atoms with E-state index < -0.39 is 43.4 Å². The molecule has 0 saturated carbocycles. The Balaban J connectivity index is 2.19. The molecule has 0 amide bonds. The summed E-state index contributed by atoms with van der Waals surface area (Å²) in [6.45, 7) is 4.52. The summed E-state index contributed by atoms with van der Waals surface area (Å²) in [6, 6.07) is 0. The van der Waals surface area contributed by atoms with Gasteiger partial charge in [0.2, 0.25) is 0 Å². The van der Waals surface area contributed by atoms with Gasteiger partial charge in [-0.05, 0) is 57.8 Å². The molecular formula is C47H88O9. The number of esters is 1. The highest BCUT2D eigenvalue weighted by atomic mass is 16.7. The molecule has 330 valence electrons. The van der Waals surface area contributed by atoms with Crippen molar-refractivity contribution >= 4 is 5.97 Å². The summed E-state index contributed by atoms with van der Waals surface area (Å²) in [7, 11) is 0. The Bertz CT molecular complexity index is 910. The largest absolute Gasteiger partial charge is 0.457 e. The van der Waals surface area contributed by atoms with Crippen LogP contribution in [0.25, 0.3) is 0 Å². The van der Waals surface area contributed by atoms with Gasteiger partial charge in [-0.1, -0.05) is 167 Å². The number of aliphatic hydroxyl groups is 4. The topological polar surface area (TPSA) is 135 Å². The second kappa shape index (κ2) is 39.1. The average molecular weight is 797 g/mol. The van der Waals surface area contributed by atoms with Crippen LogP contribution in [0.2, 0.25) is 0 Å². The molecule has 0 aromatic carbocycles. The second-order valence-corrected chi connectivity index (χ2v) is 16.2. The monoisotopic (exact) mass is 797 g/mol. The van der Waals surface area contributed by atoms with Crippen LogP contribution >= 0.6 is 0 Å². The van der Waals surface area contributed by atoms with E-state index in [-0.39, 0.29) is 19.2 Å². The van der Waals surface area contributed by atoms with Crippen molar-refractivity contribution < 1.29 is 44.2 Å². The number of unbranched alkanes of at least 4 members (excludes halogenated alkanes) is 25. The molecule has 1 saturated heterocycles. The lowest BCUT2D eigenvalue weighted by atomic mass is 9.99. The van der Waals surface area contributed by atoms with Crippen molar-refractivity contribution in [3.05, 3.63) is 24.3 Å². The third kappa shape index (κ3) is 29.8. The summed E-state index contributed by atoms with van der Waals surface area (Å²) < 4.78 is 22.8. The summed E-state index contributed by atoms with van der Waals surface area (Å²) in [4.78, 5) is 12.7. The van der Waals surface area contributed by atoms with Crippen molar-refractivity contribution in [2.75, 3.05) is 26.4 Å². The molecule has 9 heteroatoms. The van der Waals surface area contributed by atoms with Crippen LogP contribution in [-0.4, -0.2) is 89.6 Å². The van der Waals surface area contributed by atoms with Crippen LogP contribution in [0.4, 0.5) is 0 Å². The minimum absolute atomic E-state index is 0.115. The molecule has 1 heterocycles. The molecule has 6 atom stereocenters. The van der Waals surface area contributed by atoms with Gasteiger partial charge in [-0.3, -0.25) is 4.79 Å². The Kier molecular flexibility index (Phi) is 36.8. The number of rotatable bonds is 40. The predicted octanol–water partition coefficient (Wildman–Crippen LogP) is 10.6. The van der Waals surface area contributed by atoms with Crippen molar-refractivity contribution in [3.8, 4) is 0 Å². The molecule has 0 spiro atoms. The Morgan fingerprint density at radius 2 is 1.00 bits per heavy atom. The Morgan fingerprint density at radius 3 is 1.50 bits per heavy atom. The molecule has 1 aliphatic rings. The fourth-order valence-corrected chi connectivity index (χ4v) is 7.11. The molecule has 0 aromatic rings. The molecule has 0 radical (unpaired) electrons. The molecule has 0 aromatic heterocycles. The number of hydrogen-bond donors (Lipinski definition) is 4. The molecule has 6 unspecified atom stereocenters. The van der Waals surface area contributed by atoms with E-state index in [1.165, 1.54) is 135 Å². The lowest BCUT2D eigenvalue weighted by Crippen LogP contribution is -2.59. The zero-order valence-corrected chi connectivity index (χ0v) is 36.1. The number of ether oxygens (including phenoxy) is 4. The third-order valence-corrected chi connectivity index (χ3v) is 10.8. The Morgan fingerprint density at radius 1 is 0.554 bits per heavy atom. The first-order valence-corrected chi connectivity index (χ1v) is 23.4. The zero-order chi connectivity index (χ0) is 40.7. The molecular weight excluding hydrogens is 709 g/mol. The molecule has 56 heavy (non-hydrogen) atoms. The number of hydrogen-bond acceptors (Lipinski definition) is 9. The van der Waals surface area contributed by atoms with E-state index in [0.29, 0.717) is 13.0 Å². The van der Waals surface area contributed by atoms with Crippen molar-refractivity contribution in [1.29, 1.82) is 0 Å². The first-order chi connectivity index (χ1) is 27.4. The van der Waals surface area contributed by atoms with E-state index in [4.69, 9.17) is 18.9 Å². The number of aliphatic hydroxyl groups excluding tert-OH is 4. The Labute approximate surface area is 343 Å². The predicted molar refractivity (Wildman–Crippen MR) is 229 cm³/mol. The molecule has 0 aliphatic carbocycles. The molecule has 9 nitrogen and oxygen atoms in total. The van der Waals surface area contributed by atoms with Gasteiger partial charge in [-0.25, -0.2) is 0 Å². The van der Waals surface area contributed by atoms with Crippen LogP contribution in [0, 0.1) is 0 Å². The summed E-state index contributed by atoms with van der Waals surface area (Å²) in [5, 5.41) is 40.1. The fraction of sp³-hybridized carbons (Fsp3) is 0.894.